The van der Waals surface area contributed by atoms with Crippen LogP contribution in [0.2, 0.25) is 0 Å². The third-order valence-corrected chi connectivity index (χ3v) is 4.51. The van der Waals surface area contributed by atoms with E-state index in [4.69, 9.17) is 9.15 Å². The summed E-state index contributed by atoms with van der Waals surface area (Å²) in [5.41, 5.74) is 3.01. The minimum atomic E-state index is -0.486. The van der Waals surface area contributed by atoms with E-state index in [2.05, 4.69) is 10.3 Å². The molecule has 4 aromatic rings. The van der Waals surface area contributed by atoms with Crippen molar-refractivity contribution >= 4 is 34.5 Å². The molecule has 0 aliphatic heterocycles. The number of anilines is 1. The third-order valence-electron chi connectivity index (χ3n) is 4.51. The molecule has 0 aliphatic carbocycles. The van der Waals surface area contributed by atoms with Crippen LogP contribution in [0.25, 0.3) is 28.6 Å². The normalized spacial score (nSPS) is 11.0. The highest BCUT2D eigenvalue weighted by Gasteiger charge is 2.13. The van der Waals surface area contributed by atoms with Gasteiger partial charge in [-0.2, -0.15) is 0 Å². The van der Waals surface area contributed by atoms with Gasteiger partial charge >= 0.3 is 0 Å². The fraction of sp³-hybridized carbons (Fsp3) is 0.0435. The number of nitrogens with zero attached hydrogens (tertiary/aromatic N) is 2. The van der Waals surface area contributed by atoms with Crippen molar-refractivity contribution in [3.63, 3.8) is 0 Å². The van der Waals surface area contributed by atoms with Crippen molar-refractivity contribution in [3.8, 4) is 17.2 Å². The number of carbonyl (C=O) groups excluding carboxylic acids is 1. The smallest absolute Gasteiger partial charge is 0.270 e. The van der Waals surface area contributed by atoms with Gasteiger partial charge in [0.05, 0.1) is 17.7 Å². The second kappa shape index (κ2) is 8.50. The number of benzene rings is 3. The summed E-state index contributed by atoms with van der Waals surface area (Å²) < 4.78 is 11.1. The van der Waals surface area contributed by atoms with Gasteiger partial charge in [0.25, 0.3) is 5.69 Å². The highest BCUT2D eigenvalue weighted by atomic mass is 16.6. The van der Waals surface area contributed by atoms with Crippen LogP contribution in [0.4, 0.5) is 11.4 Å². The number of methoxy groups -OCH3 is 1. The molecule has 31 heavy (non-hydrogen) atoms. The fourth-order valence-corrected chi connectivity index (χ4v) is 3.02. The molecule has 0 aliphatic rings. The van der Waals surface area contributed by atoms with Crippen molar-refractivity contribution in [2.45, 2.75) is 0 Å². The number of oxazole rings is 1. The Bertz CT molecular complexity index is 1280. The van der Waals surface area contributed by atoms with E-state index < -0.39 is 10.8 Å². The number of ether oxygens (including phenoxy) is 1. The lowest BCUT2D eigenvalue weighted by Gasteiger charge is -2.10. The van der Waals surface area contributed by atoms with Crippen LogP contribution in [0.15, 0.2) is 77.2 Å². The van der Waals surface area contributed by atoms with E-state index in [1.54, 1.807) is 30.3 Å². The summed E-state index contributed by atoms with van der Waals surface area (Å²) in [6.07, 6.45) is 2.80. The van der Waals surface area contributed by atoms with Crippen molar-refractivity contribution < 1.29 is 18.9 Å². The van der Waals surface area contributed by atoms with Crippen LogP contribution in [0.1, 0.15) is 5.56 Å². The van der Waals surface area contributed by atoms with E-state index in [9.17, 15) is 14.9 Å². The summed E-state index contributed by atoms with van der Waals surface area (Å²) in [6, 6.07) is 18.6. The number of rotatable bonds is 6. The van der Waals surface area contributed by atoms with E-state index in [1.807, 2.05) is 24.3 Å². The van der Waals surface area contributed by atoms with Gasteiger partial charge in [-0.3, -0.25) is 14.9 Å². The Morgan fingerprint density at radius 2 is 1.97 bits per heavy atom. The van der Waals surface area contributed by atoms with E-state index in [0.29, 0.717) is 34.0 Å². The fourth-order valence-electron chi connectivity index (χ4n) is 3.02. The second-order valence-electron chi connectivity index (χ2n) is 6.58. The molecule has 1 heterocycles. The van der Waals surface area contributed by atoms with Gasteiger partial charge in [-0.15, -0.1) is 0 Å². The number of fused-ring (bicyclic) bond motifs is 1. The van der Waals surface area contributed by atoms with E-state index in [-0.39, 0.29) is 5.69 Å². The molecule has 1 N–H and O–H groups in total. The standard InChI is InChI=1S/C23H17N3O5/c1-30-20-11-10-16(23-25-18-7-2-3-8-21(18)31-23)14-19(20)24-22(27)12-9-15-5-4-6-17(13-15)26(28)29/h2-14H,1H3,(H,24,27). The zero-order valence-corrected chi connectivity index (χ0v) is 16.4. The first kappa shape index (κ1) is 19.8. The molecule has 1 amide bonds. The highest BCUT2D eigenvalue weighted by molar-refractivity contribution is 6.03. The summed E-state index contributed by atoms with van der Waals surface area (Å²) in [5, 5.41) is 13.6. The van der Waals surface area contributed by atoms with Gasteiger partial charge in [-0.1, -0.05) is 24.3 Å². The molecular formula is C23H17N3O5. The van der Waals surface area contributed by atoms with E-state index >= 15 is 0 Å². The highest BCUT2D eigenvalue weighted by Crippen LogP contribution is 2.32. The molecule has 4 rings (SSSR count). The van der Waals surface area contributed by atoms with Crippen molar-refractivity contribution in [2.75, 3.05) is 12.4 Å². The van der Waals surface area contributed by atoms with Gasteiger partial charge in [-0.25, -0.2) is 4.98 Å². The van der Waals surface area contributed by atoms with Crippen LogP contribution >= 0.6 is 0 Å². The Labute approximate surface area is 176 Å². The monoisotopic (exact) mass is 415 g/mol. The quantitative estimate of drug-likeness (QED) is 0.268. The number of hydrogen-bond donors (Lipinski definition) is 1. The van der Waals surface area contributed by atoms with Crippen LogP contribution < -0.4 is 10.1 Å². The molecule has 8 heteroatoms. The second-order valence-corrected chi connectivity index (χ2v) is 6.58. The summed E-state index contributed by atoms with van der Waals surface area (Å²) in [4.78, 5) is 27.3. The molecule has 0 spiro atoms. The summed E-state index contributed by atoms with van der Waals surface area (Å²) in [6.45, 7) is 0. The lowest BCUT2D eigenvalue weighted by atomic mass is 10.1. The molecule has 154 valence electrons. The Morgan fingerprint density at radius 1 is 1.13 bits per heavy atom. The van der Waals surface area contributed by atoms with Crippen molar-refractivity contribution in [1.29, 1.82) is 0 Å². The number of para-hydroxylation sites is 2. The molecule has 3 aromatic carbocycles. The molecule has 0 radical (unpaired) electrons. The SMILES string of the molecule is COc1ccc(-c2nc3ccccc3o2)cc1NC(=O)C=Cc1cccc([N+](=O)[O-])c1. The summed E-state index contributed by atoms with van der Waals surface area (Å²) in [7, 11) is 1.50. The maximum Gasteiger partial charge on any atom is 0.270 e. The van der Waals surface area contributed by atoms with Gasteiger partial charge in [-0.05, 0) is 42.0 Å². The van der Waals surface area contributed by atoms with Crippen LogP contribution in [-0.2, 0) is 4.79 Å². The number of non-ortho nitro benzene ring substituents is 1. The van der Waals surface area contributed by atoms with Crippen molar-refractivity contribution in [2.24, 2.45) is 0 Å². The van der Waals surface area contributed by atoms with Crippen molar-refractivity contribution in [1.82, 2.24) is 4.98 Å². The Kier molecular flexibility index (Phi) is 5.44. The molecule has 0 saturated carbocycles. The number of hydrogen-bond acceptors (Lipinski definition) is 6. The average molecular weight is 415 g/mol. The number of carbonyl (C=O) groups is 1. The first-order valence-electron chi connectivity index (χ1n) is 9.31. The van der Waals surface area contributed by atoms with Crippen LogP contribution in [-0.4, -0.2) is 22.9 Å². The van der Waals surface area contributed by atoms with Gasteiger partial charge < -0.3 is 14.5 Å². The minimum absolute atomic E-state index is 0.0461. The van der Waals surface area contributed by atoms with Gasteiger partial charge in [0, 0.05) is 23.8 Å². The lowest BCUT2D eigenvalue weighted by Crippen LogP contribution is -2.09. The zero-order valence-electron chi connectivity index (χ0n) is 16.4. The molecule has 0 fully saturated rings. The maximum absolute atomic E-state index is 12.4. The lowest BCUT2D eigenvalue weighted by molar-refractivity contribution is -0.384. The minimum Gasteiger partial charge on any atom is -0.495 e. The number of amides is 1. The predicted molar refractivity (Wildman–Crippen MR) is 117 cm³/mol. The topological polar surface area (TPSA) is 108 Å². The summed E-state index contributed by atoms with van der Waals surface area (Å²) >= 11 is 0. The average Bonchev–Trinajstić information content (AvgIpc) is 3.22. The first-order chi connectivity index (χ1) is 15.0. The molecule has 0 unspecified atom stereocenters. The van der Waals surface area contributed by atoms with Gasteiger partial charge in [0.1, 0.15) is 11.3 Å². The van der Waals surface area contributed by atoms with Crippen LogP contribution in [0, 0.1) is 10.1 Å². The maximum atomic E-state index is 12.4. The zero-order chi connectivity index (χ0) is 21.8. The molecule has 0 saturated heterocycles. The Hall–Kier alpha value is -4.46. The third kappa shape index (κ3) is 4.43. The van der Waals surface area contributed by atoms with Gasteiger partial charge in [0.15, 0.2) is 5.58 Å². The van der Waals surface area contributed by atoms with Crippen molar-refractivity contribution in [3.05, 3.63) is 88.5 Å². The summed E-state index contributed by atoms with van der Waals surface area (Å²) in [5.74, 6) is 0.475. The predicted octanol–water partition coefficient (Wildman–Crippen LogP) is 5.06. The molecule has 8 nitrogen and oxygen atoms in total. The number of nitro benzene ring substituents is 1. The van der Waals surface area contributed by atoms with Crippen LogP contribution in [0.5, 0.6) is 5.75 Å². The molecule has 1 aromatic heterocycles. The molecule has 0 bridgehead atoms. The Balaban J connectivity index is 1.57. The van der Waals surface area contributed by atoms with Gasteiger partial charge in [0.2, 0.25) is 11.8 Å². The number of nitro groups is 1. The molecule has 0 atom stereocenters. The number of aromatic nitrogens is 1. The van der Waals surface area contributed by atoms with E-state index in [0.717, 1.165) is 5.52 Å². The molecular weight excluding hydrogens is 398 g/mol. The first-order valence-corrected chi connectivity index (χ1v) is 9.31. The Morgan fingerprint density at radius 3 is 2.74 bits per heavy atom. The largest absolute Gasteiger partial charge is 0.495 e. The van der Waals surface area contributed by atoms with Crippen LogP contribution in [0.3, 0.4) is 0 Å². The van der Waals surface area contributed by atoms with E-state index in [1.165, 1.54) is 31.4 Å². The number of nitrogens with one attached hydrogen (secondary N) is 1.